The second-order valence-corrected chi connectivity index (χ2v) is 4.49. The van der Waals surface area contributed by atoms with Crippen LogP contribution in [0.2, 0.25) is 0 Å². The summed E-state index contributed by atoms with van der Waals surface area (Å²) in [6.07, 6.45) is -4.46. The fraction of sp³-hybridized carbons (Fsp3) is 0.500. The van der Waals surface area contributed by atoms with E-state index in [1.165, 1.54) is 25.3 Å². The zero-order valence-corrected chi connectivity index (χ0v) is 12.8. The van der Waals surface area contributed by atoms with Crippen molar-refractivity contribution in [2.75, 3.05) is 45.8 Å². The molecular weight excluding hydrogens is 317 g/mol. The van der Waals surface area contributed by atoms with Gasteiger partial charge in [-0.25, -0.2) is 0 Å². The zero-order valence-electron chi connectivity index (χ0n) is 12.8. The van der Waals surface area contributed by atoms with Gasteiger partial charge in [0.2, 0.25) is 5.91 Å². The Morgan fingerprint density at radius 1 is 1.22 bits per heavy atom. The van der Waals surface area contributed by atoms with Crippen LogP contribution in [-0.4, -0.2) is 52.6 Å². The molecule has 1 amide bonds. The third-order valence-electron chi connectivity index (χ3n) is 2.61. The van der Waals surface area contributed by atoms with E-state index < -0.39 is 12.8 Å². The summed E-state index contributed by atoms with van der Waals surface area (Å²) < 4.78 is 51.2. The van der Waals surface area contributed by atoms with Crippen molar-refractivity contribution in [3.05, 3.63) is 18.2 Å². The van der Waals surface area contributed by atoms with Gasteiger partial charge in [0, 0.05) is 25.4 Å². The molecule has 1 aromatic carbocycles. The SMILES string of the molecule is COCCNCC(=O)Nc1ccc(OC)c(OCC(F)(F)F)c1. The summed E-state index contributed by atoms with van der Waals surface area (Å²) in [4.78, 5) is 11.7. The van der Waals surface area contributed by atoms with Crippen LogP contribution in [0, 0.1) is 0 Å². The molecule has 0 spiro atoms. The quantitative estimate of drug-likeness (QED) is 0.673. The van der Waals surface area contributed by atoms with E-state index in [-0.39, 0.29) is 24.0 Å². The van der Waals surface area contributed by atoms with Gasteiger partial charge in [0.25, 0.3) is 0 Å². The molecule has 0 bridgehead atoms. The van der Waals surface area contributed by atoms with Crippen LogP contribution in [0.1, 0.15) is 0 Å². The minimum absolute atomic E-state index is 0.0497. The minimum atomic E-state index is -4.46. The van der Waals surface area contributed by atoms with Gasteiger partial charge in [0.05, 0.1) is 20.3 Å². The van der Waals surface area contributed by atoms with Crippen LogP contribution in [0.15, 0.2) is 18.2 Å². The van der Waals surface area contributed by atoms with E-state index >= 15 is 0 Å². The number of alkyl halides is 3. The molecule has 0 aliphatic rings. The molecule has 0 heterocycles. The second-order valence-electron chi connectivity index (χ2n) is 4.49. The Morgan fingerprint density at radius 3 is 2.57 bits per heavy atom. The Hall–Kier alpha value is -2.00. The smallest absolute Gasteiger partial charge is 0.422 e. The maximum absolute atomic E-state index is 12.2. The number of rotatable bonds is 9. The lowest BCUT2D eigenvalue weighted by atomic mass is 10.2. The molecule has 6 nitrogen and oxygen atoms in total. The number of hydrogen-bond acceptors (Lipinski definition) is 5. The predicted octanol–water partition coefficient (Wildman–Crippen LogP) is 1.81. The van der Waals surface area contributed by atoms with E-state index in [2.05, 4.69) is 10.6 Å². The van der Waals surface area contributed by atoms with Gasteiger partial charge in [0.1, 0.15) is 0 Å². The van der Waals surface area contributed by atoms with Crippen LogP contribution in [-0.2, 0) is 9.53 Å². The molecule has 0 saturated carbocycles. The van der Waals surface area contributed by atoms with Crippen molar-refractivity contribution in [2.24, 2.45) is 0 Å². The number of methoxy groups -OCH3 is 2. The van der Waals surface area contributed by atoms with Gasteiger partial charge in [-0.05, 0) is 12.1 Å². The van der Waals surface area contributed by atoms with Crippen molar-refractivity contribution in [1.82, 2.24) is 5.32 Å². The fourth-order valence-electron chi connectivity index (χ4n) is 1.61. The third-order valence-corrected chi connectivity index (χ3v) is 2.61. The third kappa shape index (κ3) is 7.71. The summed E-state index contributed by atoms with van der Waals surface area (Å²) in [6, 6.07) is 4.20. The molecule has 1 aromatic rings. The number of carbonyl (C=O) groups is 1. The Kier molecular flexibility index (Phi) is 7.63. The Bertz CT molecular complexity index is 509. The second kappa shape index (κ2) is 9.21. The van der Waals surface area contributed by atoms with E-state index in [1.54, 1.807) is 7.11 Å². The number of carbonyl (C=O) groups excluding carboxylic acids is 1. The van der Waals surface area contributed by atoms with Gasteiger partial charge >= 0.3 is 6.18 Å². The van der Waals surface area contributed by atoms with Crippen LogP contribution in [0.4, 0.5) is 18.9 Å². The molecule has 1 rings (SSSR count). The van der Waals surface area contributed by atoms with E-state index in [0.717, 1.165) is 0 Å². The van der Waals surface area contributed by atoms with E-state index in [0.29, 0.717) is 18.8 Å². The highest BCUT2D eigenvalue weighted by atomic mass is 19.4. The van der Waals surface area contributed by atoms with Crippen molar-refractivity contribution < 1.29 is 32.2 Å². The molecular formula is C14H19F3N2O4. The van der Waals surface area contributed by atoms with Gasteiger partial charge in [0.15, 0.2) is 18.1 Å². The van der Waals surface area contributed by atoms with Crippen molar-refractivity contribution >= 4 is 11.6 Å². The summed E-state index contributed by atoms with van der Waals surface area (Å²) in [7, 11) is 2.86. The topological polar surface area (TPSA) is 68.8 Å². The van der Waals surface area contributed by atoms with E-state index in [1.807, 2.05) is 0 Å². The molecule has 130 valence electrons. The summed E-state index contributed by atoms with van der Waals surface area (Å²) in [6.45, 7) is -0.425. The molecule has 9 heteroatoms. The molecule has 0 saturated heterocycles. The highest BCUT2D eigenvalue weighted by Gasteiger charge is 2.29. The largest absolute Gasteiger partial charge is 0.493 e. The Balaban J connectivity index is 2.63. The summed E-state index contributed by atoms with van der Waals surface area (Å²) in [5.74, 6) is -0.298. The van der Waals surface area contributed by atoms with Crippen molar-refractivity contribution in [2.45, 2.75) is 6.18 Å². The lowest BCUT2D eigenvalue weighted by molar-refractivity contribution is -0.153. The maximum Gasteiger partial charge on any atom is 0.422 e. The normalized spacial score (nSPS) is 11.2. The molecule has 0 aromatic heterocycles. The number of ether oxygens (including phenoxy) is 3. The monoisotopic (exact) mass is 336 g/mol. The summed E-state index contributed by atoms with van der Waals surface area (Å²) in [5.41, 5.74) is 0.307. The van der Waals surface area contributed by atoms with Crippen molar-refractivity contribution in [1.29, 1.82) is 0 Å². The lowest BCUT2D eigenvalue weighted by Gasteiger charge is -2.14. The molecule has 0 aliphatic heterocycles. The molecule has 0 aliphatic carbocycles. The van der Waals surface area contributed by atoms with Crippen molar-refractivity contribution in [3.63, 3.8) is 0 Å². The minimum Gasteiger partial charge on any atom is -0.493 e. The number of nitrogens with one attached hydrogen (secondary N) is 2. The standard InChI is InChI=1S/C14H19F3N2O4/c1-21-6-5-18-8-13(20)19-10-3-4-11(22-2)12(7-10)23-9-14(15,16)17/h3-4,7,18H,5-6,8-9H2,1-2H3,(H,19,20). The molecule has 2 N–H and O–H groups in total. The highest BCUT2D eigenvalue weighted by molar-refractivity contribution is 5.92. The average molecular weight is 336 g/mol. The fourth-order valence-corrected chi connectivity index (χ4v) is 1.61. The van der Waals surface area contributed by atoms with Crippen molar-refractivity contribution in [3.8, 4) is 11.5 Å². The average Bonchev–Trinajstić information content (AvgIpc) is 2.49. The summed E-state index contributed by atoms with van der Waals surface area (Å²) >= 11 is 0. The van der Waals surface area contributed by atoms with E-state index in [9.17, 15) is 18.0 Å². The molecule has 23 heavy (non-hydrogen) atoms. The van der Waals surface area contributed by atoms with Gasteiger partial charge in [-0.2, -0.15) is 13.2 Å². The number of amides is 1. The first-order valence-electron chi connectivity index (χ1n) is 6.73. The number of anilines is 1. The number of benzene rings is 1. The Morgan fingerprint density at radius 2 is 1.96 bits per heavy atom. The maximum atomic E-state index is 12.2. The summed E-state index contributed by atoms with van der Waals surface area (Å²) in [5, 5.41) is 5.40. The molecule has 0 unspecified atom stereocenters. The number of halogens is 3. The first kappa shape index (κ1) is 19.0. The van der Waals surface area contributed by atoms with E-state index in [4.69, 9.17) is 14.2 Å². The van der Waals surface area contributed by atoms with Crippen LogP contribution < -0.4 is 20.1 Å². The zero-order chi connectivity index (χ0) is 17.3. The van der Waals surface area contributed by atoms with Crippen LogP contribution in [0.25, 0.3) is 0 Å². The van der Waals surface area contributed by atoms with Gasteiger partial charge < -0.3 is 24.8 Å². The van der Waals surface area contributed by atoms with Crippen LogP contribution in [0.3, 0.4) is 0 Å². The number of hydrogen-bond donors (Lipinski definition) is 2. The molecule has 0 fully saturated rings. The first-order chi connectivity index (χ1) is 10.9. The van der Waals surface area contributed by atoms with Gasteiger partial charge in [-0.15, -0.1) is 0 Å². The molecule has 0 atom stereocenters. The lowest BCUT2D eigenvalue weighted by Crippen LogP contribution is -2.30. The van der Waals surface area contributed by atoms with Gasteiger partial charge in [-0.3, -0.25) is 4.79 Å². The first-order valence-corrected chi connectivity index (χ1v) is 6.73. The molecule has 0 radical (unpaired) electrons. The highest BCUT2D eigenvalue weighted by Crippen LogP contribution is 2.31. The van der Waals surface area contributed by atoms with Gasteiger partial charge in [-0.1, -0.05) is 0 Å². The Labute approximate surface area is 131 Å². The van der Waals surface area contributed by atoms with Crippen LogP contribution >= 0.6 is 0 Å². The predicted molar refractivity (Wildman–Crippen MR) is 77.9 cm³/mol. The van der Waals surface area contributed by atoms with Crippen LogP contribution in [0.5, 0.6) is 11.5 Å².